The van der Waals surface area contributed by atoms with Gasteiger partial charge in [-0.15, -0.1) is 0 Å². The summed E-state index contributed by atoms with van der Waals surface area (Å²) in [7, 11) is 0. The number of carbonyl (C=O) groups excluding carboxylic acids is 1. The first kappa shape index (κ1) is 16.6. The first-order chi connectivity index (χ1) is 12.0. The van der Waals surface area contributed by atoms with E-state index in [2.05, 4.69) is 10.4 Å². The number of aryl methyl sites for hydroxylation is 2. The van der Waals surface area contributed by atoms with Crippen LogP contribution in [0.15, 0.2) is 50.4 Å². The predicted molar refractivity (Wildman–Crippen MR) is 94.0 cm³/mol. The second kappa shape index (κ2) is 6.72. The molecule has 0 bridgehead atoms. The fraction of sp³-hybridized carbons (Fsp3) is 0.222. The van der Waals surface area contributed by atoms with E-state index in [0.29, 0.717) is 17.8 Å². The van der Waals surface area contributed by atoms with Crippen LogP contribution in [0, 0.1) is 6.92 Å². The Morgan fingerprint density at radius 1 is 1.20 bits per heavy atom. The van der Waals surface area contributed by atoms with Crippen LogP contribution in [-0.2, 0) is 6.54 Å². The zero-order valence-corrected chi connectivity index (χ0v) is 13.9. The SMILES string of the molecule is CCCn1nc(C(=O)Nc2ccc3c(C)cc(=O)oc3c2)ccc1=O. The smallest absolute Gasteiger partial charge is 0.336 e. The second-order valence-electron chi connectivity index (χ2n) is 5.69. The summed E-state index contributed by atoms with van der Waals surface area (Å²) >= 11 is 0. The van der Waals surface area contributed by atoms with E-state index in [1.54, 1.807) is 18.2 Å². The molecule has 0 saturated carbocycles. The largest absolute Gasteiger partial charge is 0.423 e. The van der Waals surface area contributed by atoms with Gasteiger partial charge in [-0.3, -0.25) is 9.59 Å². The van der Waals surface area contributed by atoms with E-state index < -0.39 is 11.5 Å². The molecule has 2 heterocycles. The number of benzene rings is 1. The number of hydrogen-bond acceptors (Lipinski definition) is 5. The van der Waals surface area contributed by atoms with E-state index in [1.807, 2.05) is 13.8 Å². The molecule has 25 heavy (non-hydrogen) atoms. The minimum atomic E-state index is -0.445. The van der Waals surface area contributed by atoms with Crippen molar-refractivity contribution in [3.8, 4) is 0 Å². The molecule has 1 aromatic carbocycles. The lowest BCUT2D eigenvalue weighted by atomic mass is 10.1. The number of carbonyl (C=O) groups is 1. The third kappa shape index (κ3) is 3.50. The van der Waals surface area contributed by atoms with Crippen molar-refractivity contribution in [1.82, 2.24) is 9.78 Å². The molecule has 1 N–H and O–H groups in total. The van der Waals surface area contributed by atoms with Crippen molar-refractivity contribution < 1.29 is 9.21 Å². The van der Waals surface area contributed by atoms with E-state index in [4.69, 9.17) is 4.42 Å². The fourth-order valence-corrected chi connectivity index (χ4v) is 2.54. The molecule has 3 rings (SSSR count). The van der Waals surface area contributed by atoms with Crippen LogP contribution in [-0.4, -0.2) is 15.7 Å². The molecular formula is C18H17N3O4. The van der Waals surface area contributed by atoms with Crippen molar-refractivity contribution in [2.24, 2.45) is 0 Å². The maximum atomic E-state index is 12.4. The number of amides is 1. The van der Waals surface area contributed by atoms with Gasteiger partial charge in [-0.05, 0) is 37.1 Å². The number of aromatic nitrogens is 2. The molecule has 0 atom stereocenters. The van der Waals surface area contributed by atoms with Crippen molar-refractivity contribution in [3.05, 3.63) is 68.4 Å². The molecule has 0 fully saturated rings. The molecular weight excluding hydrogens is 322 g/mol. The van der Waals surface area contributed by atoms with Gasteiger partial charge in [0.15, 0.2) is 0 Å². The third-order valence-electron chi connectivity index (χ3n) is 3.74. The molecule has 0 unspecified atom stereocenters. The highest BCUT2D eigenvalue weighted by molar-refractivity contribution is 6.03. The molecule has 0 aliphatic carbocycles. The van der Waals surface area contributed by atoms with E-state index in [9.17, 15) is 14.4 Å². The summed E-state index contributed by atoms with van der Waals surface area (Å²) in [5.41, 5.74) is 1.12. The summed E-state index contributed by atoms with van der Waals surface area (Å²) in [5.74, 6) is -0.445. The first-order valence-electron chi connectivity index (χ1n) is 7.92. The van der Waals surface area contributed by atoms with Crippen LogP contribution < -0.4 is 16.5 Å². The van der Waals surface area contributed by atoms with Crippen molar-refractivity contribution in [2.75, 3.05) is 5.32 Å². The molecule has 0 radical (unpaired) electrons. The number of nitrogens with one attached hydrogen (secondary N) is 1. The van der Waals surface area contributed by atoms with Gasteiger partial charge in [0.25, 0.3) is 11.5 Å². The summed E-state index contributed by atoms with van der Waals surface area (Å²) in [4.78, 5) is 35.5. The van der Waals surface area contributed by atoms with Gasteiger partial charge in [-0.1, -0.05) is 6.92 Å². The van der Waals surface area contributed by atoms with Crippen LogP contribution in [0.3, 0.4) is 0 Å². The number of rotatable bonds is 4. The highest BCUT2D eigenvalue weighted by Crippen LogP contribution is 2.21. The Labute approximate surface area is 142 Å². The first-order valence-corrected chi connectivity index (χ1v) is 7.92. The Kier molecular flexibility index (Phi) is 4.47. The second-order valence-corrected chi connectivity index (χ2v) is 5.69. The average molecular weight is 339 g/mol. The van der Waals surface area contributed by atoms with Gasteiger partial charge >= 0.3 is 5.63 Å². The van der Waals surface area contributed by atoms with Crippen molar-refractivity contribution in [2.45, 2.75) is 26.8 Å². The Morgan fingerprint density at radius 2 is 2.00 bits per heavy atom. The van der Waals surface area contributed by atoms with Gasteiger partial charge < -0.3 is 9.73 Å². The highest BCUT2D eigenvalue weighted by atomic mass is 16.4. The highest BCUT2D eigenvalue weighted by Gasteiger charge is 2.11. The molecule has 0 aliphatic heterocycles. The third-order valence-corrected chi connectivity index (χ3v) is 3.74. The maximum absolute atomic E-state index is 12.4. The summed E-state index contributed by atoms with van der Waals surface area (Å²) in [6.45, 7) is 4.18. The summed E-state index contributed by atoms with van der Waals surface area (Å²) in [5, 5.41) is 7.56. The summed E-state index contributed by atoms with van der Waals surface area (Å²) < 4.78 is 6.43. The maximum Gasteiger partial charge on any atom is 0.336 e. The van der Waals surface area contributed by atoms with E-state index in [1.165, 1.54) is 22.9 Å². The Bertz CT molecular complexity index is 1070. The van der Waals surface area contributed by atoms with Crippen LogP contribution in [0.4, 0.5) is 5.69 Å². The number of fused-ring (bicyclic) bond motifs is 1. The fourth-order valence-electron chi connectivity index (χ4n) is 2.54. The monoisotopic (exact) mass is 339 g/mol. The molecule has 128 valence electrons. The average Bonchev–Trinajstić information content (AvgIpc) is 2.56. The van der Waals surface area contributed by atoms with Gasteiger partial charge in [0.1, 0.15) is 11.3 Å². The minimum absolute atomic E-state index is 0.138. The molecule has 1 amide bonds. The molecule has 0 aliphatic rings. The van der Waals surface area contributed by atoms with E-state index >= 15 is 0 Å². The predicted octanol–water partition coefficient (Wildman–Crippen LogP) is 2.32. The number of anilines is 1. The molecule has 7 nitrogen and oxygen atoms in total. The van der Waals surface area contributed by atoms with Crippen LogP contribution in [0.5, 0.6) is 0 Å². The zero-order valence-electron chi connectivity index (χ0n) is 13.9. The van der Waals surface area contributed by atoms with E-state index in [-0.39, 0.29) is 11.3 Å². The van der Waals surface area contributed by atoms with Crippen LogP contribution >= 0.6 is 0 Å². The standard InChI is InChI=1S/C18H17N3O4/c1-3-8-21-16(22)7-6-14(20-21)18(24)19-12-4-5-13-11(2)9-17(23)25-15(13)10-12/h4-7,9-10H,3,8H2,1-2H3,(H,19,24). The number of hydrogen-bond donors (Lipinski definition) is 1. The van der Waals surface area contributed by atoms with Gasteiger partial charge in [-0.2, -0.15) is 5.10 Å². The Morgan fingerprint density at radius 3 is 2.76 bits per heavy atom. The van der Waals surface area contributed by atoms with Gasteiger partial charge in [0.2, 0.25) is 0 Å². The molecule has 0 saturated heterocycles. The summed E-state index contributed by atoms with van der Waals surface area (Å²) in [6, 6.07) is 9.20. The number of nitrogens with zero attached hydrogens (tertiary/aromatic N) is 2. The quantitative estimate of drug-likeness (QED) is 0.736. The Hall–Kier alpha value is -3.22. The van der Waals surface area contributed by atoms with Crippen LogP contribution in [0.25, 0.3) is 11.0 Å². The molecule has 7 heteroatoms. The molecule has 2 aromatic heterocycles. The van der Waals surface area contributed by atoms with Crippen molar-refractivity contribution >= 4 is 22.6 Å². The normalized spacial score (nSPS) is 10.8. The van der Waals surface area contributed by atoms with Crippen molar-refractivity contribution in [1.29, 1.82) is 0 Å². The lowest BCUT2D eigenvalue weighted by Gasteiger charge is -2.08. The minimum Gasteiger partial charge on any atom is -0.423 e. The zero-order chi connectivity index (χ0) is 18.0. The lowest BCUT2D eigenvalue weighted by molar-refractivity contribution is 0.102. The van der Waals surface area contributed by atoms with Crippen LogP contribution in [0.2, 0.25) is 0 Å². The molecule has 0 spiro atoms. The van der Waals surface area contributed by atoms with E-state index in [0.717, 1.165) is 17.4 Å². The van der Waals surface area contributed by atoms with Gasteiger partial charge in [-0.25, -0.2) is 9.48 Å². The molecule has 3 aromatic rings. The topological polar surface area (TPSA) is 94.2 Å². The lowest BCUT2D eigenvalue weighted by Crippen LogP contribution is -2.26. The van der Waals surface area contributed by atoms with Crippen LogP contribution in [0.1, 0.15) is 29.4 Å². The van der Waals surface area contributed by atoms with Gasteiger partial charge in [0, 0.05) is 35.8 Å². The Balaban J connectivity index is 1.90. The summed E-state index contributed by atoms with van der Waals surface area (Å²) in [6.07, 6.45) is 0.737. The van der Waals surface area contributed by atoms with Gasteiger partial charge in [0.05, 0.1) is 0 Å². The van der Waals surface area contributed by atoms with Crippen molar-refractivity contribution in [3.63, 3.8) is 0 Å².